The summed E-state index contributed by atoms with van der Waals surface area (Å²) < 4.78 is 5.96. The first-order chi connectivity index (χ1) is 12.1. The molecule has 2 aromatic carbocycles. The Bertz CT molecular complexity index is 827. The lowest BCUT2D eigenvalue weighted by molar-refractivity contribution is -0.384. The summed E-state index contributed by atoms with van der Waals surface area (Å²) in [6.07, 6.45) is 1.69. The van der Waals surface area contributed by atoms with Gasteiger partial charge in [-0.15, -0.1) is 0 Å². The molecule has 2 aromatic rings. The Labute approximate surface area is 150 Å². The van der Waals surface area contributed by atoms with E-state index in [0.29, 0.717) is 16.3 Å². The van der Waals surface area contributed by atoms with Gasteiger partial charge in [-0.25, -0.2) is 0 Å². The zero-order valence-electron chi connectivity index (χ0n) is 13.4. The molecule has 0 N–H and O–H groups in total. The molecule has 0 amide bonds. The number of nitriles is 1. The minimum Gasteiger partial charge on any atom is -0.490 e. The van der Waals surface area contributed by atoms with E-state index in [2.05, 4.69) is 11.0 Å². The Morgan fingerprint density at radius 2 is 2.00 bits per heavy atom. The molecule has 1 fully saturated rings. The quantitative estimate of drug-likeness (QED) is 0.606. The second kappa shape index (κ2) is 7.41. The number of rotatable bonds is 4. The third kappa shape index (κ3) is 4.01. The maximum atomic E-state index is 10.8. The van der Waals surface area contributed by atoms with Gasteiger partial charge in [-0.05, 0) is 24.3 Å². The third-order valence-corrected chi connectivity index (χ3v) is 4.49. The molecule has 0 bridgehead atoms. The van der Waals surface area contributed by atoms with Crippen LogP contribution in [-0.4, -0.2) is 24.1 Å². The fourth-order valence-electron chi connectivity index (χ4n) is 2.91. The number of nitro groups is 1. The lowest BCUT2D eigenvalue weighted by Crippen LogP contribution is -2.38. The van der Waals surface area contributed by atoms with Gasteiger partial charge in [0.25, 0.3) is 5.69 Å². The minimum atomic E-state index is -0.453. The van der Waals surface area contributed by atoms with Gasteiger partial charge in [-0.3, -0.25) is 10.1 Å². The molecule has 0 aliphatic carbocycles. The van der Waals surface area contributed by atoms with E-state index in [9.17, 15) is 10.1 Å². The molecule has 1 aliphatic heterocycles. The summed E-state index contributed by atoms with van der Waals surface area (Å²) in [6, 6.07) is 13.8. The number of nitro benzene ring substituents is 1. The van der Waals surface area contributed by atoms with Crippen LogP contribution in [0.25, 0.3) is 0 Å². The van der Waals surface area contributed by atoms with Crippen LogP contribution in [0.4, 0.5) is 11.4 Å². The number of benzene rings is 2. The number of hydrogen-bond donors (Lipinski definition) is 0. The smallest absolute Gasteiger partial charge is 0.271 e. The van der Waals surface area contributed by atoms with Crippen molar-refractivity contribution in [3.8, 4) is 11.8 Å². The van der Waals surface area contributed by atoms with E-state index in [4.69, 9.17) is 21.6 Å². The maximum absolute atomic E-state index is 10.8. The normalized spacial score (nSPS) is 14.8. The molecule has 0 saturated carbocycles. The summed E-state index contributed by atoms with van der Waals surface area (Å²) in [6.45, 7) is 1.50. The Balaban J connectivity index is 1.62. The zero-order chi connectivity index (χ0) is 17.8. The average Bonchev–Trinajstić information content (AvgIpc) is 2.62. The molecule has 0 unspecified atom stereocenters. The monoisotopic (exact) mass is 357 g/mol. The van der Waals surface area contributed by atoms with Gasteiger partial charge in [0.1, 0.15) is 11.9 Å². The van der Waals surface area contributed by atoms with Crippen molar-refractivity contribution in [3.63, 3.8) is 0 Å². The molecule has 1 heterocycles. The lowest BCUT2D eigenvalue weighted by atomic mass is 10.1. The first-order valence-corrected chi connectivity index (χ1v) is 8.30. The topological polar surface area (TPSA) is 79.4 Å². The molecule has 0 radical (unpaired) electrons. The predicted molar refractivity (Wildman–Crippen MR) is 95.1 cm³/mol. The number of nitrogens with zero attached hydrogens (tertiary/aromatic N) is 3. The fourth-order valence-corrected chi connectivity index (χ4v) is 3.21. The highest BCUT2D eigenvalue weighted by Gasteiger charge is 2.23. The molecular formula is C18H16ClN3O3. The van der Waals surface area contributed by atoms with Gasteiger partial charge in [-0.1, -0.05) is 17.7 Å². The predicted octanol–water partition coefficient (Wildman–Crippen LogP) is 4.17. The first-order valence-electron chi connectivity index (χ1n) is 7.92. The van der Waals surface area contributed by atoms with Gasteiger partial charge < -0.3 is 9.64 Å². The Kier molecular flexibility index (Phi) is 5.05. The van der Waals surface area contributed by atoms with Crippen molar-refractivity contribution in [1.82, 2.24) is 0 Å². The number of non-ortho nitro benzene ring substituents is 1. The van der Waals surface area contributed by atoms with Crippen LogP contribution in [0.1, 0.15) is 18.4 Å². The van der Waals surface area contributed by atoms with E-state index in [-0.39, 0.29) is 11.8 Å². The van der Waals surface area contributed by atoms with Gasteiger partial charge in [0.2, 0.25) is 0 Å². The molecule has 25 heavy (non-hydrogen) atoms. The number of ether oxygens (including phenoxy) is 1. The Hall–Kier alpha value is -2.78. The van der Waals surface area contributed by atoms with Crippen LogP contribution >= 0.6 is 11.6 Å². The molecule has 0 atom stereocenters. The molecule has 128 valence electrons. The lowest BCUT2D eigenvalue weighted by Gasteiger charge is -2.34. The summed E-state index contributed by atoms with van der Waals surface area (Å²) in [4.78, 5) is 12.5. The largest absolute Gasteiger partial charge is 0.490 e. The fraction of sp³-hybridized carbons (Fsp3) is 0.278. The van der Waals surface area contributed by atoms with Crippen LogP contribution in [-0.2, 0) is 0 Å². The van der Waals surface area contributed by atoms with Crippen molar-refractivity contribution in [1.29, 1.82) is 5.26 Å². The van der Waals surface area contributed by atoms with Gasteiger partial charge >= 0.3 is 0 Å². The highest BCUT2D eigenvalue weighted by Crippen LogP contribution is 2.32. The van der Waals surface area contributed by atoms with E-state index in [0.717, 1.165) is 31.6 Å². The summed E-state index contributed by atoms with van der Waals surface area (Å²) in [7, 11) is 0. The van der Waals surface area contributed by atoms with Crippen molar-refractivity contribution < 1.29 is 9.66 Å². The van der Waals surface area contributed by atoms with Gasteiger partial charge in [0, 0.05) is 38.1 Å². The molecule has 0 spiro atoms. The number of anilines is 1. The van der Waals surface area contributed by atoms with Crippen LogP contribution in [0.3, 0.4) is 0 Å². The SMILES string of the molecule is N#Cc1cccc(OC2CCN(c3ccc([N+](=O)[O-])cc3Cl)CC2)c1. The van der Waals surface area contributed by atoms with Crippen molar-refractivity contribution in [2.75, 3.05) is 18.0 Å². The van der Waals surface area contributed by atoms with Gasteiger partial charge in [0.15, 0.2) is 0 Å². The highest BCUT2D eigenvalue weighted by molar-refractivity contribution is 6.33. The van der Waals surface area contributed by atoms with Crippen molar-refractivity contribution in [2.45, 2.75) is 18.9 Å². The zero-order valence-corrected chi connectivity index (χ0v) is 14.1. The van der Waals surface area contributed by atoms with E-state index >= 15 is 0 Å². The molecule has 1 saturated heterocycles. The summed E-state index contributed by atoms with van der Waals surface area (Å²) >= 11 is 6.20. The van der Waals surface area contributed by atoms with Crippen LogP contribution < -0.4 is 9.64 Å². The van der Waals surface area contributed by atoms with Gasteiger partial charge in [0.05, 0.1) is 27.3 Å². The van der Waals surface area contributed by atoms with Crippen LogP contribution in [0.15, 0.2) is 42.5 Å². The molecular weight excluding hydrogens is 342 g/mol. The third-order valence-electron chi connectivity index (χ3n) is 4.19. The van der Waals surface area contributed by atoms with Crippen LogP contribution in [0.5, 0.6) is 5.75 Å². The second-order valence-corrected chi connectivity index (χ2v) is 6.24. The maximum Gasteiger partial charge on any atom is 0.271 e. The Morgan fingerprint density at radius 1 is 1.24 bits per heavy atom. The molecule has 0 aromatic heterocycles. The Morgan fingerprint density at radius 3 is 2.64 bits per heavy atom. The second-order valence-electron chi connectivity index (χ2n) is 5.84. The molecule has 6 nitrogen and oxygen atoms in total. The number of piperidine rings is 1. The van der Waals surface area contributed by atoms with E-state index in [1.54, 1.807) is 24.3 Å². The summed E-state index contributed by atoms with van der Waals surface area (Å²) in [5.74, 6) is 0.700. The minimum absolute atomic E-state index is 0.00987. The average molecular weight is 358 g/mol. The van der Waals surface area contributed by atoms with E-state index in [1.165, 1.54) is 12.1 Å². The molecule has 7 heteroatoms. The van der Waals surface area contributed by atoms with E-state index in [1.807, 2.05) is 6.07 Å². The number of halogens is 1. The number of hydrogen-bond acceptors (Lipinski definition) is 5. The van der Waals surface area contributed by atoms with E-state index < -0.39 is 4.92 Å². The van der Waals surface area contributed by atoms with Crippen molar-refractivity contribution in [2.24, 2.45) is 0 Å². The molecule has 1 aliphatic rings. The summed E-state index contributed by atoms with van der Waals surface area (Å²) in [5.41, 5.74) is 1.37. The first kappa shape index (κ1) is 17.1. The van der Waals surface area contributed by atoms with Crippen molar-refractivity contribution in [3.05, 3.63) is 63.2 Å². The van der Waals surface area contributed by atoms with Crippen LogP contribution in [0, 0.1) is 21.4 Å². The highest BCUT2D eigenvalue weighted by atomic mass is 35.5. The summed E-state index contributed by atoms with van der Waals surface area (Å²) in [5, 5.41) is 20.1. The van der Waals surface area contributed by atoms with Gasteiger partial charge in [-0.2, -0.15) is 5.26 Å². The van der Waals surface area contributed by atoms with Crippen LogP contribution in [0.2, 0.25) is 5.02 Å². The molecule has 3 rings (SSSR count). The van der Waals surface area contributed by atoms with Crippen molar-refractivity contribution >= 4 is 23.0 Å². The standard InChI is InChI=1S/C18H16ClN3O3/c19-17-11-14(22(23)24)4-5-18(17)21-8-6-15(7-9-21)25-16-3-1-2-13(10-16)12-20/h1-5,10-11,15H,6-9H2.